The number of nitrogens with zero attached hydrogens (tertiary/aromatic N) is 3. The van der Waals surface area contributed by atoms with E-state index in [0.29, 0.717) is 17.5 Å². The third kappa shape index (κ3) is 4.86. The highest BCUT2D eigenvalue weighted by Crippen LogP contribution is 2.46. The lowest BCUT2D eigenvalue weighted by Crippen LogP contribution is -2.28. The summed E-state index contributed by atoms with van der Waals surface area (Å²) in [7, 11) is 0. The van der Waals surface area contributed by atoms with Crippen LogP contribution < -0.4 is 0 Å². The highest BCUT2D eigenvalue weighted by molar-refractivity contribution is 5.77. The largest absolute Gasteiger partial charge is 0.298 e. The van der Waals surface area contributed by atoms with Crippen molar-refractivity contribution in [3.8, 4) is 11.8 Å². The predicted molar refractivity (Wildman–Crippen MR) is 139 cm³/mol. The summed E-state index contributed by atoms with van der Waals surface area (Å²) < 4.78 is 2.24. The lowest BCUT2D eigenvalue weighted by atomic mass is 9.66. The number of benzene rings is 1. The molecule has 1 heterocycles. The molecule has 3 heteroatoms. The molecule has 0 saturated carbocycles. The van der Waals surface area contributed by atoms with Gasteiger partial charge in [0.1, 0.15) is 11.9 Å². The number of hydrogen-bond donors (Lipinski definition) is 0. The standard InChI is InChI=1S/C30H41N3/c1-9-12-23-16-21(5)17-24(13-10-2)28(23)33-19-25(18-31)32-29(33)26-15-11-14-22(6)27(26)30(7,8)20(3)4/h11,15-17,19-20,22H,9-10,12-14H2,1-8H3. The molecular formula is C30H41N3. The first kappa shape index (κ1) is 25.0. The molecule has 0 saturated heterocycles. The summed E-state index contributed by atoms with van der Waals surface area (Å²) in [6.45, 7) is 18.3. The lowest BCUT2D eigenvalue weighted by Gasteiger charge is -2.39. The maximum Gasteiger partial charge on any atom is 0.159 e. The summed E-state index contributed by atoms with van der Waals surface area (Å²) in [4.78, 5) is 4.90. The van der Waals surface area contributed by atoms with Crippen LogP contribution in [0.1, 0.15) is 95.9 Å². The van der Waals surface area contributed by atoms with E-state index in [2.05, 4.69) is 90.3 Å². The van der Waals surface area contributed by atoms with Crippen LogP contribution in [0.2, 0.25) is 0 Å². The molecule has 0 radical (unpaired) electrons. The number of aryl methyl sites for hydroxylation is 3. The summed E-state index contributed by atoms with van der Waals surface area (Å²) >= 11 is 0. The van der Waals surface area contributed by atoms with Crippen molar-refractivity contribution < 1.29 is 0 Å². The van der Waals surface area contributed by atoms with Gasteiger partial charge >= 0.3 is 0 Å². The summed E-state index contributed by atoms with van der Waals surface area (Å²) in [5.41, 5.74) is 8.40. The first-order valence-corrected chi connectivity index (χ1v) is 12.7. The molecule has 0 fully saturated rings. The van der Waals surface area contributed by atoms with Crippen molar-refractivity contribution in [3.05, 3.63) is 64.3 Å². The highest BCUT2D eigenvalue weighted by atomic mass is 15.1. The topological polar surface area (TPSA) is 41.6 Å². The minimum atomic E-state index is 0.0366. The van der Waals surface area contributed by atoms with Crippen LogP contribution in [0.4, 0.5) is 0 Å². The number of aromatic nitrogens is 2. The van der Waals surface area contributed by atoms with Crippen LogP contribution in [0.25, 0.3) is 11.3 Å². The van der Waals surface area contributed by atoms with Gasteiger partial charge in [-0.3, -0.25) is 4.57 Å². The van der Waals surface area contributed by atoms with E-state index >= 15 is 0 Å². The second-order valence-corrected chi connectivity index (χ2v) is 10.6. The summed E-state index contributed by atoms with van der Waals surface area (Å²) in [6, 6.07) is 6.96. The number of nitriles is 1. The Balaban J connectivity index is 2.40. The van der Waals surface area contributed by atoms with Crippen LogP contribution in [0.15, 0.2) is 36.1 Å². The Kier molecular flexibility index (Phi) is 7.68. The monoisotopic (exact) mass is 443 g/mol. The van der Waals surface area contributed by atoms with Crippen LogP contribution in [0, 0.1) is 35.5 Å². The van der Waals surface area contributed by atoms with E-state index in [4.69, 9.17) is 4.98 Å². The Morgan fingerprint density at radius 3 is 2.27 bits per heavy atom. The molecule has 0 amide bonds. The number of hydrogen-bond acceptors (Lipinski definition) is 2. The Hall–Kier alpha value is -2.60. The minimum Gasteiger partial charge on any atom is -0.298 e. The van der Waals surface area contributed by atoms with Gasteiger partial charge in [-0.1, -0.05) is 96.7 Å². The molecule has 2 aromatic rings. The fraction of sp³-hybridized carbons (Fsp3) is 0.533. The normalized spacial score (nSPS) is 16.5. The van der Waals surface area contributed by atoms with Gasteiger partial charge in [-0.2, -0.15) is 5.26 Å². The van der Waals surface area contributed by atoms with Crippen LogP contribution in [-0.4, -0.2) is 9.55 Å². The molecule has 0 N–H and O–H groups in total. The zero-order chi connectivity index (χ0) is 24.3. The van der Waals surface area contributed by atoms with Gasteiger partial charge in [0.2, 0.25) is 0 Å². The van der Waals surface area contributed by atoms with Gasteiger partial charge < -0.3 is 0 Å². The van der Waals surface area contributed by atoms with Gasteiger partial charge in [-0.05, 0) is 54.6 Å². The molecule has 1 aromatic carbocycles. The van der Waals surface area contributed by atoms with E-state index in [1.54, 1.807) is 0 Å². The molecule has 1 aromatic heterocycles. The van der Waals surface area contributed by atoms with Gasteiger partial charge in [0, 0.05) is 11.8 Å². The van der Waals surface area contributed by atoms with Crippen LogP contribution in [0.5, 0.6) is 0 Å². The molecule has 1 aliphatic rings. The van der Waals surface area contributed by atoms with E-state index in [-0.39, 0.29) is 5.41 Å². The lowest BCUT2D eigenvalue weighted by molar-refractivity contribution is 0.283. The van der Waals surface area contributed by atoms with E-state index in [1.165, 1.54) is 33.5 Å². The molecule has 1 unspecified atom stereocenters. The fourth-order valence-electron chi connectivity index (χ4n) is 5.31. The fourth-order valence-corrected chi connectivity index (χ4v) is 5.31. The average molecular weight is 444 g/mol. The van der Waals surface area contributed by atoms with E-state index in [0.717, 1.165) is 37.9 Å². The Morgan fingerprint density at radius 1 is 1.15 bits per heavy atom. The molecule has 1 aliphatic carbocycles. The van der Waals surface area contributed by atoms with E-state index < -0.39 is 0 Å². The predicted octanol–water partition coefficient (Wildman–Crippen LogP) is 7.99. The third-order valence-corrected chi connectivity index (χ3v) is 7.45. The van der Waals surface area contributed by atoms with Crippen molar-refractivity contribution in [2.75, 3.05) is 0 Å². The maximum absolute atomic E-state index is 9.82. The molecule has 1 atom stereocenters. The van der Waals surface area contributed by atoms with Crippen LogP contribution in [0.3, 0.4) is 0 Å². The van der Waals surface area contributed by atoms with E-state index in [9.17, 15) is 5.26 Å². The molecule has 0 bridgehead atoms. The summed E-state index contributed by atoms with van der Waals surface area (Å²) in [5.74, 6) is 1.86. The third-order valence-electron chi connectivity index (χ3n) is 7.45. The summed E-state index contributed by atoms with van der Waals surface area (Å²) in [5, 5.41) is 9.82. The van der Waals surface area contributed by atoms with Crippen LogP contribution >= 0.6 is 0 Å². The molecule has 3 rings (SSSR count). The van der Waals surface area contributed by atoms with Crippen molar-refractivity contribution in [3.63, 3.8) is 0 Å². The van der Waals surface area contributed by atoms with Gasteiger partial charge in [-0.15, -0.1) is 0 Å². The van der Waals surface area contributed by atoms with Gasteiger partial charge in [0.25, 0.3) is 0 Å². The average Bonchev–Trinajstić information content (AvgIpc) is 3.17. The number of allylic oxidation sites excluding steroid dienone is 4. The Bertz CT molecular complexity index is 1080. The smallest absolute Gasteiger partial charge is 0.159 e. The Labute approximate surface area is 201 Å². The molecule has 3 nitrogen and oxygen atoms in total. The van der Waals surface area contributed by atoms with Crippen molar-refractivity contribution >= 4 is 5.57 Å². The molecule has 0 spiro atoms. The molecule has 33 heavy (non-hydrogen) atoms. The van der Waals surface area contributed by atoms with Gasteiger partial charge in [-0.25, -0.2) is 4.98 Å². The maximum atomic E-state index is 9.82. The molecule has 176 valence electrons. The number of imidazole rings is 1. The molecule has 0 aliphatic heterocycles. The first-order chi connectivity index (χ1) is 15.6. The first-order valence-electron chi connectivity index (χ1n) is 12.7. The van der Waals surface area contributed by atoms with Gasteiger partial charge in [0.05, 0.1) is 5.69 Å². The zero-order valence-corrected chi connectivity index (χ0v) is 21.9. The SMILES string of the molecule is CCCc1cc(C)cc(CCC)c1-n1cc(C#N)nc1C1=C(C(C)(C)C(C)C)C(C)CC=C1. The number of rotatable bonds is 8. The van der Waals surface area contributed by atoms with Crippen molar-refractivity contribution in [1.29, 1.82) is 5.26 Å². The van der Waals surface area contributed by atoms with E-state index in [1.807, 2.05) is 6.20 Å². The second-order valence-electron chi connectivity index (χ2n) is 10.6. The van der Waals surface area contributed by atoms with Crippen molar-refractivity contribution in [1.82, 2.24) is 9.55 Å². The highest BCUT2D eigenvalue weighted by Gasteiger charge is 2.35. The van der Waals surface area contributed by atoms with Crippen molar-refractivity contribution in [2.24, 2.45) is 17.3 Å². The Morgan fingerprint density at radius 2 is 1.76 bits per heavy atom. The zero-order valence-electron chi connectivity index (χ0n) is 21.9. The second kappa shape index (κ2) is 10.1. The minimum absolute atomic E-state index is 0.0366. The van der Waals surface area contributed by atoms with Crippen LogP contribution in [-0.2, 0) is 12.8 Å². The quantitative estimate of drug-likeness (QED) is 0.415. The van der Waals surface area contributed by atoms with Gasteiger partial charge in [0.15, 0.2) is 5.69 Å². The summed E-state index contributed by atoms with van der Waals surface area (Å²) in [6.07, 6.45) is 11.7. The van der Waals surface area contributed by atoms with Crippen molar-refractivity contribution in [2.45, 2.75) is 87.5 Å². The molecular weight excluding hydrogens is 402 g/mol.